The summed E-state index contributed by atoms with van der Waals surface area (Å²) in [6, 6.07) is 7.66. The second kappa shape index (κ2) is 11.4. The summed E-state index contributed by atoms with van der Waals surface area (Å²) in [5.41, 5.74) is -1.62. The van der Waals surface area contributed by atoms with E-state index in [2.05, 4.69) is 6.92 Å². The zero-order valence-corrected chi connectivity index (χ0v) is 27.6. The number of hydrogen-bond acceptors (Lipinski definition) is 10. The summed E-state index contributed by atoms with van der Waals surface area (Å²) in [6.07, 6.45) is 6.74. The summed E-state index contributed by atoms with van der Waals surface area (Å²) >= 11 is 0. The van der Waals surface area contributed by atoms with Gasteiger partial charge in [0.2, 0.25) is 0 Å². The third-order valence-electron chi connectivity index (χ3n) is 13.8. The lowest BCUT2D eigenvalue weighted by atomic mass is 9.41. The molecule has 0 radical (unpaired) electrons. The highest BCUT2D eigenvalue weighted by molar-refractivity contribution is 5.85. The van der Waals surface area contributed by atoms with Gasteiger partial charge in [-0.3, -0.25) is 0 Å². The van der Waals surface area contributed by atoms with Gasteiger partial charge < -0.3 is 43.4 Å². The summed E-state index contributed by atoms with van der Waals surface area (Å²) in [5.74, 6) is 0.342. The predicted molar refractivity (Wildman–Crippen MR) is 167 cm³/mol. The average Bonchev–Trinajstić information content (AvgIpc) is 3.76. The minimum atomic E-state index is -1.22. The molecule has 4 aliphatic carbocycles. The smallest absolute Gasteiger partial charge is 0.331 e. The van der Waals surface area contributed by atoms with Crippen molar-refractivity contribution in [1.82, 2.24) is 0 Å². The Bertz CT molecular complexity index is 1430. The van der Waals surface area contributed by atoms with Crippen LogP contribution in [0, 0.1) is 28.6 Å². The monoisotopic (exact) mass is 652 g/mol. The van der Waals surface area contributed by atoms with E-state index in [-0.39, 0.29) is 48.1 Å². The zero-order valence-electron chi connectivity index (χ0n) is 27.6. The summed E-state index contributed by atoms with van der Waals surface area (Å²) in [4.78, 5) is 25.1. The molecule has 2 N–H and O–H groups in total. The second-order valence-corrected chi connectivity index (χ2v) is 15.6. The molecule has 13 atom stereocenters. The molecule has 10 heteroatoms. The number of esters is 1. The van der Waals surface area contributed by atoms with Crippen LogP contribution >= 0.6 is 0 Å². The Morgan fingerprint density at radius 2 is 1.74 bits per heavy atom. The van der Waals surface area contributed by atoms with E-state index in [9.17, 15) is 19.8 Å². The highest BCUT2D eigenvalue weighted by atomic mass is 16.8. The van der Waals surface area contributed by atoms with Gasteiger partial charge in [0.25, 0.3) is 0 Å². The molecule has 10 nitrogen and oxygen atoms in total. The van der Waals surface area contributed by atoms with E-state index in [1.807, 2.05) is 31.2 Å². The Labute approximate surface area is 276 Å². The maximum absolute atomic E-state index is 13.2. The molecule has 1 aromatic rings. The van der Waals surface area contributed by atoms with Crippen LogP contribution in [0.5, 0.6) is 5.75 Å². The van der Waals surface area contributed by atoms with Crippen LogP contribution in [-0.2, 0) is 33.3 Å². The highest BCUT2D eigenvalue weighted by Gasteiger charge is 2.71. The third-order valence-corrected chi connectivity index (χ3v) is 13.8. The summed E-state index contributed by atoms with van der Waals surface area (Å²) in [5, 5.41) is 24.9. The van der Waals surface area contributed by atoms with Crippen LogP contribution in [-0.4, -0.2) is 78.1 Å². The Kier molecular flexibility index (Phi) is 7.70. The molecule has 6 fully saturated rings. The fraction of sp³-hybridized carbons (Fsp3) is 0.730. The summed E-state index contributed by atoms with van der Waals surface area (Å²) in [7, 11) is 1.64. The maximum Gasteiger partial charge on any atom is 0.331 e. The Morgan fingerprint density at radius 1 is 0.957 bits per heavy atom. The van der Waals surface area contributed by atoms with Gasteiger partial charge >= 0.3 is 5.97 Å². The number of carbonyl (C=O) groups is 2. The van der Waals surface area contributed by atoms with Gasteiger partial charge in [-0.05, 0) is 93.7 Å². The molecule has 0 spiro atoms. The molecule has 2 saturated heterocycles. The number of aldehydes is 1. The quantitative estimate of drug-likeness (QED) is 0.257. The molecule has 0 unspecified atom stereocenters. The van der Waals surface area contributed by atoms with Gasteiger partial charge in [0.1, 0.15) is 24.7 Å². The summed E-state index contributed by atoms with van der Waals surface area (Å²) in [6.45, 7) is 4.44. The topological polar surface area (TPSA) is 130 Å². The van der Waals surface area contributed by atoms with E-state index in [0.717, 1.165) is 42.4 Å². The molecule has 0 amide bonds. The van der Waals surface area contributed by atoms with Crippen LogP contribution < -0.4 is 4.74 Å². The Balaban J connectivity index is 0.948. The minimum absolute atomic E-state index is 0.0789. The van der Waals surface area contributed by atoms with Crippen molar-refractivity contribution in [2.45, 2.75) is 126 Å². The fourth-order valence-corrected chi connectivity index (χ4v) is 11.3. The van der Waals surface area contributed by atoms with Gasteiger partial charge in [0.15, 0.2) is 12.6 Å². The number of carbonyl (C=O) groups excluding carboxylic acids is 2. The van der Waals surface area contributed by atoms with Gasteiger partial charge in [-0.1, -0.05) is 19.1 Å². The number of hydrogen-bond donors (Lipinski definition) is 2. The lowest BCUT2D eigenvalue weighted by Crippen LogP contribution is -2.69. The van der Waals surface area contributed by atoms with Gasteiger partial charge in [-0.2, -0.15) is 0 Å². The van der Waals surface area contributed by atoms with E-state index in [1.165, 1.54) is 0 Å². The fourth-order valence-electron chi connectivity index (χ4n) is 11.3. The van der Waals surface area contributed by atoms with Crippen molar-refractivity contribution < 1.29 is 48.2 Å². The molecule has 8 rings (SSSR count). The van der Waals surface area contributed by atoms with E-state index < -0.39 is 34.6 Å². The molecule has 0 bridgehead atoms. The largest absolute Gasteiger partial charge is 0.497 e. The molecule has 256 valence electrons. The molecule has 1 aromatic carbocycles. The Morgan fingerprint density at radius 3 is 2.47 bits per heavy atom. The number of rotatable bonds is 6. The maximum atomic E-state index is 13.2. The normalized spacial score (nSPS) is 48.8. The first-order valence-corrected chi connectivity index (χ1v) is 17.6. The van der Waals surface area contributed by atoms with Crippen LogP contribution in [0.15, 0.2) is 35.9 Å². The number of methoxy groups -OCH3 is 1. The number of ether oxygens (including phenoxy) is 6. The summed E-state index contributed by atoms with van der Waals surface area (Å²) < 4.78 is 36.0. The standard InChI is InChI=1S/C37H48O10/c1-21-32-29(46-33(47-32)22-4-6-24(42-3)7-5-22)17-31(44-21)45-25-8-13-35(20-38)27-9-12-34(2)26(23-16-30(39)43-19-23)11-15-37(34,41)28(27)10-14-36(35,40)18-25/h4-7,16,20-21,25-29,31-33,40-41H,8-15,17-19H2,1-3H3/t21-,25+,26-,27+,28+,29+,31-,32-,33+,34+,35-,36-,37-/m0/s1. The molecule has 7 aliphatic rings. The van der Waals surface area contributed by atoms with E-state index in [0.29, 0.717) is 51.6 Å². The molecular formula is C37H48O10. The second-order valence-electron chi connectivity index (χ2n) is 15.6. The molecule has 4 saturated carbocycles. The van der Waals surface area contributed by atoms with Crippen LogP contribution in [0.2, 0.25) is 0 Å². The first-order chi connectivity index (χ1) is 22.5. The predicted octanol–water partition coefficient (Wildman–Crippen LogP) is 4.55. The SMILES string of the molecule is COc1ccc([C@H]2O[C@H]3[C@H](C)O[C@@H](O[C@@H]4CC[C@]5(C=O)[C@@H]6CC[C@]7(C)[C@H](C8=CC(=O)OC8)CC[C@]7(O)[C@@H]6CC[C@]5(O)C4)C[C@H]3O2)cc1. The van der Waals surface area contributed by atoms with Gasteiger partial charge in [0, 0.05) is 29.9 Å². The van der Waals surface area contributed by atoms with Crippen molar-refractivity contribution in [3.63, 3.8) is 0 Å². The van der Waals surface area contributed by atoms with Gasteiger partial charge in [0.05, 0.1) is 42.0 Å². The molecule has 3 aliphatic heterocycles. The van der Waals surface area contributed by atoms with Crippen molar-refractivity contribution in [2.24, 2.45) is 28.6 Å². The van der Waals surface area contributed by atoms with E-state index in [4.69, 9.17) is 28.4 Å². The number of benzene rings is 1. The molecule has 3 heterocycles. The van der Waals surface area contributed by atoms with Crippen LogP contribution in [0.25, 0.3) is 0 Å². The Hall–Kier alpha value is -2.34. The molecular weight excluding hydrogens is 604 g/mol. The minimum Gasteiger partial charge on any atom is -0.497 e. The van der Waals surface area contributed by atoms with Gasteiger partial charge in [-0.25, -0.2) is 4.79 Å². The number of aliphatic hydroxyl groups is 2. The lowest BCUT2D eigenvalue weighted by Gasteiger charge is -2.65. The van der Waals surface area contributed by atoms with Gasteiger partial charge in [-0.15, -0.1) is 0 Å². The number of fused-ring (bicyclic) bond motifs is 6. The van der Waals surface area contributed by atoms with Crippen LogP contribution in [0.4, 0.5) is 0 Å². The number of cyclic esters (lactones) is 1. The first kappa shape index (κ1) is 31.9. The van der Waals surface area contributed by atoms with Crippen molar-refractivity contribution in [3.05, 3.63) is 41.5 Å². The highest BCUT2D eigenvalue weighted by Crippen LogP contribution is 2.70. The molecule has 47 heavy (non-hydrogen) atoms. The van der Waals surface area contributed by atoms with Crippen molar-refractivity contribution in [3.8, 4) is 5.75 Å². The third kappa shape index (κ3) is 4.72. The first-order valence-electron chi connectivity index (χ1n) is 17.6. The van der Waals surface area contributed by atoms with Crippen LogP contribution in [0.3, 0.4) is 0 Å². The van der Waals surface area contributed by atoms with Crippen molar-refractivity contribution in [2.75, 3.05) is 13.7 Å². The lowest BCUT2D eigenvalue weighted by molar-refractivity contribution is -0.278. The van der Waals surface area contributed by atoms with Crippen LogP contribution in [0.1, 0.15) is 89.9 Å². The average molecular weight is 653 g/mol. The van der Waals surface area contributed by atoms with E-state index in [1.54, 1.807) is 13.2 Å². The molecule has 0 aromatic heterocycles. The van der Waals surface area contributed by atoms with E-state index >= 15 is 0 Å². The van der Waals surface area contributed by atoms with Crippen molar-refractivity contribution >= 4 is 12.3 Å². The van der Waals surface area contributed by atoms with Crippen molar-refractivity contribution in [1.29, 1.82) is 0 Å². The zero-order chi connectivity index (χ0) is 32.8.